The van der Waals surface area contributed by atoms with Crippen molar-refractivity contribution in [2.24, 2.45) is 0 Å². The molecule has 0 saturated heterocycles. The minimum absolute atomic E-state index is 0.365. The number of aliphatic hydroxyl groups is 1. The maximum absolute atomic E-state index is 10.3. The highest BCUT2D eigenvalue weighted by atomic mass is 32.1. The highest BCUT2D eigenvalue weighted by Crippen LogP contribution is 2.27. The zero-order valence-electron chi connectivity index (χ0n) is 11.1. The first kappa shape index (κ1) is 13.3. The number of aliphatic hydroxyl groups excluding tert-OH is 1. The second-order valence-electron chi connectivity index (χ2n) is 4.76. The summed E-state index contributed by atoms with van der Waals surface area (Å²) in [6.07, 6.45) is 3.10. The summed E-state index contributed by atoms with van der Waals surface area (Å²) >= 11 is 1.63. The molecule has 0 radical (unpaired) electrons. The summed E-state index contributed by atoms with van der Waals surface area (Å²) < 4.78 is 1.93. The summed E-state index contributed by atoms with van der Waals surface area (Å²) in [4.78, 5) is 1.08. The second-order valence-corrected chi connectivity index (χ2v) is 5.71. The highest BCUT2D eigenvalue weighted by molar-refractivity contribution is 7.10. The van der Waals surface area contributed by atoms with Crippen molar-refractivity contribution in [1.29, 1.82) is 0 Å². The largest absolute Gasteiger partial charge is 0.387 e. The van der Waals surface area contributed by atoms with E-state index in [9.17, 15) is 5.11 Å². The molecule has 1 atom stereocenters. The van der Waals surface area contributed by atoms with E-state index in [4.69, 9.17) is 0 Å². The number of aryl methyl sites for hydroxylation is 1. The average molecular weight is 264 g/mol. The van der Waals surface area contributed by atoms with E-state index in [1.807, 2.05) is 22.3 Å². The van der Waals surface area contributed by atoms with Crippen LogP contribution in [0.2, 0.25) is 0 Å². The molecule has 0 saturated carbocycles. The lowest BCUT2D eigenvalue weighted by Gasteiger charge is -2.09. The Bertz CT molecular complexity index is 501. The highest BCUT2D eigenvalue weighted by Gasteiger charge is 2.15. The topological polar surface area (TPSA) is 38.0 Å². The number of hydrogen-bond acceptors (Lipinski definition) is 3. The van der Waals surface area contributed by atoms with Crippen LogP contribution in [0, 0.1) is 0 Å². The number of aromatic nitrogens is 2. The van der Waals surface area contributed by atoms with Crippen molar-refractivity contribution in [2.45, 2.75) is 45.8 Å². The predicted molar refractivity (Wildman–Crippen MR) is 75.0 cm³/mol. The molecule has 1 unspecified atom stereocenters. The van der Waals surface area contributed by atoms with Crippen molar-refractivity contribution in [3.05, 3.63) is 39.8 Å². The Labute approximate surface area is 112 Å². The minimum Gasteiger partial charge on any atom is -0.387 e. The first-order valence-corrected chi connectivity index (χ1v) is 7.28. The van der Waals surface area contributed by atoms with Gasteiger partial charge in [-0.25, -0.2) is 0 Å². The van der Waals surface area contributed by atoms with Crippen LogP contribution >= 0.6 is 11.3 Å². The molecule has 18 heavy (non-hydrogen) atoms. The molecule has 0 amide bonds. The van der Waals surface area contributed by atoms with E-state index >= 15 is 0 Å². The van der Waals surface area contributed by atoms with E-state index < -0.39 is 6.10 Å². The zero-order valence-corrected chi connectivity index (χ0v) is 11.9. The van der Waals surface area contributed by atoms with Gasteiger partial charge in [-0.05, 0) is 43.3 Å². The summed E-state index contributed by atoms with van der Waals surface area (Å²) in [6.45, 7) is 6.31. The molecule has 3 nitrogen and oxygen atoms in total. The molecular weight excluding hydrogens is 244 g/mol. The second kappa shape index (κ2) is 5.67. The van der Waals surface area contributed by atoms with E-state index in [0.717, 1.165) is 17.0 Å². The number of thiophene rings is 1. The minimum atomic E-state index is -0.435. The van der Waals surface area contributed by atoms with Gasteiger partial charge >= 0.3 is 0 Å². The first-order chi connectivity index (χ1) is 8.61. The van der Waals surface area contributed by atoms with Crippen LogP contribution in [0.1, 0.15) is 49.1 Å². The van der Waals surface area contributed by atoms with Crippen LogP contribution in [-0.2, 0) is 12.8 Å². The summed E-state index contributed by atoms with van der Waals surface area (Å²) in [5, 5.41) is 16.8. The fourth-order valence-corrected chi connectivity index (χ4v) is 2.98. The van der Waals surface area contributed by atoms with Crippen molar-refractivity contribution in [3.63, 3.8) is 0 Å². The molecule has 2 aromatic heterocycles. The fraction of sp³-hybridized carbons (Fsp3) is 0.500. The van der Waals surface area contributed by atoms with Gasteiger partial charge in [0.05, 0.1) is 11.8 Å². The number of nitrogens with zero attached hydrogens (tertiary/aromatic N) is 2. The maximum atomic E-state index is 10.3. The lowest BCUT2D eigenvalue weighted by molar-refractivity contribution is 0.179. The van der Waals surface area contributed by atoms with Crippen molar-refractivity contribution in [1.82, 2.24) is 9.78 Å². The Hall–Kier alpha value is -1.13. The van der Waals surface area contributed by atoms with Gasteiger partial charge in [-0.1, -0.05) is 6.92 Å². The van der Waals surface area contributed by atoms with Gasteiger partial charge in [0, 0.05) is 23.5 Å². The third-order valence-corrected chi connectivity index (χ3v) is 4.12. The maximum Gasteiger partial charge on any atom is 0.0940 e. The molecule has 0 aliphatic heterocycles. The lowest BCUT2D eigenvalue weighted by atomic mass is 10.1. The number of hydrogen-bond donors (Lipinski definition) is 1. The van der Waals surface area contributed by atoms with Gasteiger partial charge < -0.3 is 5.11 Å². The van der Waals surface area contributed by atoms with Gasteiger partial charge in [0.1, 0.15) is 0 Å². The molecule has 0 aromatic carbocycles. The molecule has 2 heterocycles. The molecule has 2 aromatic rings. The summed E-state index contributed by atoms with van der Waals surface area (Å²) in [7, 11) is 0. The third kappa shape index (κ3) is 2.82. The molecule has 1 N–H and O–H groups in total. The quantitative estimate of drug-likeness (QED) is 0.899. The van der Waals surface area contributed by atoms with Gasteiger partial charge in [0.25, 0.3) is 0 Å². The standard InChI is InChI=1S/C14H20N2OS/c1-4-11-6-8-18-14(11)13(17)9-12-5-7-16(15-12)10(2)3/h5-8,10,13,17H,4,9H2,1-3H3. The van der Waals surface area contributed by atoms with Gasteiger partial charge in [-0.2, -0.15) is 5.10 Å². The van der Waals surface area contributed by atoms with Crippen LogP contribution in [0.4, 0.5) is 0 Å². The fourth-order valence-electron chi connectivity index (χ4n) is 2.00. The average Bonchev–Trinajstić information content (AvgIpc) is 2.96. The van der Waals surface area contributed by atoms with E-state index in [0.29, 0.717) is 12.5 Å². The Kier molecular flexibility index (Phi) is 4.19. The van der Waals surface area contributed by atoms with Crippen molar-refractivity contribution in [3.8, 4) is 0 Å². The van der Waals surface area contributed by atoms with Gasteiger partial charge in [0.2, 0.25) is 0 Å². The van der Waals surface area contributed by atoms with Crippen molar-refractivity contribution in [2.75, 3.05) is 0 Å². The third-order valence-electron chi connectivity index (χ3n) is 3.06. The van der Waals surface area contributed by atoms with Gasteiger partial charge in [-0.15, -0.1) is 11.3 Å². The molecule has 0 bridgehead atoms. The lowest BCUT2D eigenvalue weighted by Crippen LogP contribution is -2.05. The van der Waals surface area contributed by atoms with Crippen LogP contribution in [0.25, 0.3) is 0 Å². The Balaban J connectivity index is 2.08. The SMILES string of the molecule is CCc1ccsc1C(O)Cc1ccn(C(C)C)n1. The van der Waals surface area contributed by atoms with Crippen molar-refractivity contribution >= 4 is 11.3 Å². The van der Waals surface area contributed by atoms with Crippen LogP contribution in [-0.4, -0.2) is 14.9 Å². The van der Waals surface area contributed by atoms with E-state index in [2.05, 4.69) is 31.9 Å². The van der Waals surface area contributed by atoms with Crippen LogP contribution in [0.5, 0.6) is 0 Å². The predicted octanol–water partition coefficient (Wildman–Crippen LogP) is 3.36. The van der Waals surface area contributed by atoms with E-state index in [1.54, 1.807) is 11.3 Å². The Morgan fingerprint density at radius 1 is 1.39 bits per heavy atom. The smallest absolute Gasteiger partial charge is 0.0940 e. The first-order valence-electron chi connectivity index (χ1n) is 6.40. The molecule has 2 rings (SSSR count). The van der Waals surface area contributed by atoms with E-state index in [1.165, 1.54) is 5.56 Å². The summed E-state index contributed by atoms with van der Waals surface area (Å²) in [5.41, 5.74) is 2.20. The molecular formula is C14H20N2OS. The van der Waals surface area contributed by atoms with Crippen molar-refractivity contribution < 1.29 is 5.11 Å². The Morgan fingerprint density at radius 3 is 2.78 bits per heavy atom. The van der Waals surface area contributed by atoms with Crippen LogP contribution in [0.15, 0.2) is 23.7 Å². The molecule has 98 valence electrons. The molecule has 0 aliphatic rings. The monoisotopic (exact) mass is 264 g/mol. The summed E-state index contributed by atoms with van der Waals surface area (Å²) in [5.74, 6) is 0. The van der Waals surface area contributed by atoms with E-state index in [-0.39, 0.29) is 0 Å². The summed E-state index contributed by atoms with van der Waals surface area (Å²) in [6, 6.07) is 4.45. The molecule has 0 fully saturated rings. The van der Waals surface area contributed by atoms with Crippen LogP contribution in [0.3, 0.4) is 0 Å². The van der Waals surface area contributed by atoms with Gasteiger partial charge in [0.15, 0.2) is 0 Å². The zero-order chi connectivity index (χ0) is 13.1. The number of rotatable bonds is 5. The molecule has 0 spiro atoms. The normalized spacial score (nSPS) is 13.2. The van der Waals surface area contributed by atoms with Gasteiger partial charge in [-0.3, -0.25) is 4.68 Å². The molecule has 0 aliphatic carbocycles. The Morgan fingerprint density at radius 2 is 2.17 bits per heavy atom. The molecule has 4 heteroatoms. The van der Waals surface area contributed by atoms with Crippen LogP contribution < -0.4 is 0 Å².